The summed E-state index contributed by atoms with van der Waals surface area (Å²) in [5.41, 5.74) is 0. The van der Waals surface area contributed by atoms with E-state index >= 15 is 0 Å². The third-order valence-corrected chi connectivity index (χ3v) is 4.39. The normalized spacial score (nSPS) is 16.6. The lowest BCUT2D eigenvalue weighted by atomic mass is 10.2. The molecule has 0 aliphatic carbocycles. The fraction of sp³-hybridized carbons (Fsp3) is 0.667. The maximum absolute atomic E-state index is 5.41. The van der Waals surface area contributed by atoms with Gasteiger partial charge in [0.05, 0.1) is 19.8 Å². The molecule has 2 heterocycles. The molecule has 8 heteroatoms. The topological polar surface area (TPSA) is 66.7 Å². The zero-order valence-corrected chi connectivity index (χ0v) is 18.3. The Labute approximate surface area is 174 Å². The van der Waals surface area contributed by atoms with Crippen LogP contribution in [0.25, 0.3) is 0 Å². The van der Waals surface area contributed by atoms with Crippen LogP contribution in [0.4, 0.5) is 0 Å². The highest BCUT2D eigenvalue weighted by Crippen LogP contribution is 2.03. The Hall–Kier alpha value is -1.13. The summed E-state index contributed by atoms with van der Waals surface area (Å²) in [7, 11) is 0. The standard InChI is InChI=1S/C18H32N6O.HI/c1-4-6-20-18(21-7-5-9-24-10-8-19-17(24)3)22-15-16(2)23-11-13-25-14-12-23;/h4,8,10,16H,1,5-7,9,11-15H2,2-3H3,(H2,20,21,22);1H. The minimum atomic E-state index is 0. The number of halogens is 1. The monoisotopic (exact) mass is 476 g/mol. The average molecular weight is 476 g/mol. The highest BCUT2D eigenvalue weighted by atomic mass is 127. The summed E-state index contributed by atoms with van der Waals surface area (Å²) in [6, 6.07) is 0.417. The van der Waals surface area contributed by atoms with Crippen molar-refractivity contribution in [1.82, 2.24) is 25.1 Å². The summed E-state index contributed by atoms with van der Waals surface area (Å²) < 4.78 is 7.58. The minimum Gasteiger partial charge on any atom is -0.379 e. The molecule has 0 spiro atoms. The molecule has 2 rings (SSSR count). The van der Waals surface area contributed by atoms with Crippen molar-refractivity contribution in [2.24, 2.45) is 4.99 Å². The number of nitrogens with one attached hydrogen (secondary N) is 2. The summed E-state index contributed by atoms with van der Waals surface area (Å²) in [6.45, 7) is 14.9. The summed E-state index contributed by atoms with van der Waals surface area (Å²) in [4.78, 5) is 11.4. The number of morpholine rings is 1. The Morgan fingerprint density at radius 2 is 2.19 bits per heavy atom. The van der Waals surface area contributed by atoms with E-state index in [4.69, 9.17) is 9.73 Å². The number of nitrogens with zero attached hydrogens (tertiary/aromatic N) is 4. The van der Waals surface area contributed by atoms with Gasteiger partial charge in [0.25, 0.3) is 0 Å². The van der Waals surface area contributed by atoms with E-state index in [2.05, 4.69) is 38.6 Å². The number of guanidine groups is 1. The maximum atomic E-state index is 5.41. The van der Waals surface area contributed by atoms with Crippen molar-refractivity contribution in [2.75, 3.05) is 45.9 Å². The molecule has 0 radical (unpaired) electrons. The van der Waals surface area contributed by atoms with Crippen LogP contribution in [-0.4, -0.2) is 72.4 Å². The fourth-order valence-corrected chi connectivity index (χ4v) is 2.80. The lowest BCUT2D eigenvalue weighted by molar-refractivity contribution is 0.0220. The van der Waals surface area contributed by atoms with E-state index in [-0.39, 0.29) is 24.0 Å². The predicted molar refractivity (Wildman–Crippen MR) is 117 cm³/mol. The number of ether oxygens (including phenoxy) is 1. The van der Waals surface area contributed by atoms with Crippen molar-refractivity contribution in [1.29, 1.82) is 0 Å². The maximum Gasteiger partial charge on any atom is 0.191 e. The van der Waals surface area contributed by atoms with Crippen LogP contribution in [-0.2, 0) is 11.3 Å². The van der Waals surface area contributed by atoms with Crippen molar-refractivity contribution >= 4 is 29.9 Å². The molecule has 1 fully saturated rings. The lowest BCUT2D eigenvalue weighted by Gasteiger charge is -2.31. The largest absolute Gasteiger partial charge is 0.379 e. The second-order valence-corrected chi connectivity index (χ2v) is 6.30. The number of hydrogen-bond donors (Lipinski definition) is 2. The Kier molecular flexibility index (Phi) is 11.5. The van der Waals surface area contributed by atoms with E-state index in [1.807, 2.05) is 25.4 Å². The van der Waals surface area contributed by atoms with Gasteiger partial charge >= 0.3 is 0 Å². The first-order chi connectivity index (χ1) is 12.2. The molecule has 2 N–H and O–H groups in total. The highest BCUT2D eigenvalue weighted by Gasteiger charge is 2.16. The zero-order chi connectivity index (χ0) is 17.9. The molecule has 1 aliphatic heterocycles. The van der Waals surface area contributed by atoms with Crippen molar-refractivity contribution in [2.45, 2.75) is 32.9 Å². The van der Waals surface area contributed by atoms with Crippen molar-refractivity contribution in [3.8, 4) is 0 Å². The smallest absolute Gasteiger partial charge is 0.191 e. The van der Waals surface area contributed by atoms with E-state index in [9.17, 15) is 0 Å². The van der Waals surface area contributed by atoms with E-state index in [1.54, 1.807) is 0 Å². The molecule has 0 aromatic carbocycles. The summed E-state index contributed by atoms with van der Waals surface area (Å²) in [6.07, 6.45) is 6.72. The lowest BCUT2D eigenvalue weighted by Crippen LogP contribution is -2.44. The predicted octanol–water partition coefficient (Wildman–Crippen LogP) is 1.64. The Morgan fingerprint density at radius 1 is 1.42 bits per heavy atom. The van der Waals surface area contributed by atoms with Gasteiger partial charge in [0, 0.05) is 51.2 Å². The molecule has 1 atom stereocenters. The molecular weight excluding hydrogens is 443 g/mol. The van der Waals surface area contributed by atoms with Crippen LogP contribution >= 0.6 is 24.0 Å². The third-order valence-electron chi connectivity index (χ3n) is 4.39. The summed E-state index contributed by atoms with van der Waals surface area (Å²) in [5, 5.41) is 6.70. The van der Waals surface area contributed by atoms with Crippen LogP contribution in [0.3, 0.4) is 0 Å². The van der Waals surface area contributed by atoms with Crippen LogP contribution in [0, 0.1) is 6.92 Å². The molecule has 0 amide bonds. The molecule has 0 saturated carbocycles. The molecule has 26 heavy (non-hydrogen) atoms. The first-order valence-electron chi connectivity index (χ1n) is 9.13. The van der Waals surface area contributed by atoms with Gasteiger partial charge in [-0.05, 0) is 20.3 Å². The molecular formula is C18H33IN6O. The van der Waals surface area contributed by atoms with Gasteiger partial charge in [-0.3, -0.25) is 9.89 Å². The van der Waals surface area contributed by atoms with Gasteiger partial charge in [0.2, 0.25) is 0 Å². The SMILES string of the molecule is C=CCNC(=NCC(C)N1CCOCC1)NCCCn1ccnc1C.I. The van der Waals surface area contributed by atoms with Gasteiger partial charge < -0.3 is 19.9 Å². The van der Waals surface area contributed by atoms with E-state index < -0.39 is 0 Å². The Morgan fingerprint density at radius 3 is 2.85 bits per heavy atom. The van der Waals surface area contributed by atoms with Crippen LogP contribution in [0.5, 0.6) is 0 Å². The number of hydrogen-bond acceptors (Lipinski definition) is 4. The van der Waals surface area contributed by atoms with Crippen molar-refractivity contribution in [3.63, 3.8) is 0 Å². The number of aliphatic imine (C=N–C) groups is 1. The van der Waals surface area contributed by atoms with Gasteiger partial charge in [-0.2, -0.15) is 0 Å². The van der Waals surface area contributed by atoms with Crippen LogP contribution < -0.4 is 10.6 Å². The van der Waals surface area contributed by atoms with Gasteiger partial charge in [-0.1, -0.05) is 6.08 Å². The number of rotatable bonds is 9. The molecule has 148 valence electrons. The first-order valence-corrected chi connectivity index (χ1v) is 9.13. The molecule has 1 aliphatic rings. The molecule has 1 aromatic heterocycles. The Bertz CT molecular complexity index is 542. The second-order valence-electron chi connectivity index (χ2n) is 6.30. The van der Waals surface area contributed by atoms with Crippen LogP contribution in [0.15, 0.2) is 30.0 Å². The number of aryl methyl sites for hydroxylation is 2. The molecule has 1 saturated heterocycles. The third kappa shape index (κ3) is 8.05. The average Bonchev–Trinajstić information content (AvgIpc) is 3.05. The van der Waals surface area contributed by atoms with Gasteiger partial charge in [0.1, 0.15) is 5.82 Å². The van der Waals surface area contributed by atoms with E-state index in [1.165, 1.54) is 0 Å². The van der Waals surface area contributed by atoms with E-state index in [0.717, 1.165) is 64.1 Å². The van der Waals surface area contributed by atoms with Crippen molar-refractivity contribution < 1.29 is 4.74 Å². The Balaban J connectivity index is 0.00000338. The zero-order valence-electron chi connectivity index (χ0n) is 16.0. The quantitative estimate of drug-likeness (QED) is 0.187. The summed E-state index contributed by atoms with van der Waals surface area (Å²) >= 11 is 0. The van der Waals surface area contributed by atoms with Gasteiger partial charge in [0.15, 0.2) is 5.96 Å². The number of aromatic nitrogens is 2. The van der Waals surface area contributed by atoms with Crippen molar-refractivity contribution in [3.05, 3.63) is 30.9 Å². The molecule has 0 bridgehead atoms. The fourth-order valence-electron chi connectivity index (χ4n) is 2.80. The van der Waals surface area contributed by atoms with Crippen LogP contribution in [0.2, 0.25) is 0 Å². The highest BCUT2D eigenvalue weighted by molar-refractivity contribution is 14.0. The second kappa shape index (κ2) is 13.1. The molecule has 1 unspecified atom stereocenters. The van der Waals surface area contributed by atoms with Gasteiger partial charge in [-0.15, -0.1) is 30.6 Å². The minimum absolute atomic E-state index is 0. The number of imidazole rings is 1. The van der Waals surface area contributed by atoms with Gasteiger partial charge in [-0.25, -0.2) is 4.98 Å². The van der Waals surface area contributed by atoms with E-state index in [0.29, 0.717) is 12.6 Å². The summed E-state index contributed by atoms with van der Waals surface area (Å²) in [5.74, 6) is 1.90. The first kappa shape index (κ1) is 22.9. The molecule has 7 nitrogen and oxygen atoms in total. The molecule has 1 aromatic rings. The van der Waals surface area contributed by atoms with Crippen LogP contribution in [0.1, 0.15) is 19.2 Å².